The summed E-state index contributed by atoms with van der Waals surface area (Å²) in [6.45, 7) is 6.49. The standard InChI is InChI=1S/C63H47N3O/c1-63(2)56-27-14-12-25-53(56)62-54(50-26-16-19-45-40-64(41-55(45)50)46-20-8-4-9-21-46)38-49(39-57(62)63)65(48-32-29-43(30-33-48)42-17-6-3-7-18-42)61-36-35-60(67-61)44-31-34-52-51-24-13-15-28-58(51)66(59(52)37-44)47-22-10-5-11-23-47/h3-39H,40-41H2,1-2H3. The highest BCUT2D eigenvalue weighted by Crippen LogP contribution is 2.55. The van der Waals surface area contributed by atoms with Crippen molar-refractivity contribution < 1.29 is 4.42 Å². The summed E-state index contributed by atoms with van der Waals surface area (Å²) in [6, 6.07) is 81.5. The third kappa shape index (κ3) is 6.35. The zero-order valence-corrected chi connectivity index (χ0v) is 37.5. The van der Waals surface area contributed by atoms with Gasteiger partial charge in [-0.15, -0.1) is 0 Å². The van der Waals surface area contributed by atoms with Crippen LogP contribution in [0.15, 0.2) is 229 Å². The van der Waals surface area contributed by atoms with Crippen LogP contribution in [0, 0.1) is 0 Å². The van der Waals surface area contributed by atoms with Crippen molar-refractivity contribution in [3.05, 3.63) is 247 Å². The minimum atomic E-state index is -0.242. The molecule has 0 spiro atoms. The molecule has 1 aliphatic heterocycles. The number of benzene rings is 9. The zero-order valence-electron chi connectivity index (χ0n) is 37.5. The minimum absolute atomic E-state index is 0.242. The van der Waals surface area contributed by atoms with E-state index in [0.717, 1.165) is 52.9 Å². The summed E-state index contributed by atoms with van der Waals surface area (Å²) in [5, 5.41) is 2.44. The van der Waals surface area contributed by atoms with Gasteiger partial charge < -0.3 is 13.9 Å². The Morgan fingerprint density at radius 1 is 0.448 bits per heavy atom. The van der Waals surface area contributed by atoms with Crippen molar-refractivity contribution >= 4 is 44.8 Å². The van der Waals surface area contributed by atoms with E-state index in [1.165, 1.54) is 77.6 Å². The molecule has 0 unspecified atom stereocenters. The lowest BCUT2D eigenvalue weighted by Crippen LogP contribution is -2.17. The smallest absolute Gasteiger partial charge is 0.205 e. The fourth-order valence-corrected chi connectivity index (χ4v) is 11.1. The van der Waals surface area contributed by atoms with E-state index in [1.807, 2.05) is 0 Å². The predicted octanol–water partition coefficient (Wildman–Crippen LogP) is 16.7. The lowest BCUT2D eigenvalue weighted by molar-refractivity contribution is 0.588. The average molecular weight is 862 g/mol. The maximum Gasteiger partial charge on any atom is 0.205 e. The molecule has 0 saturated heterocycles. The van der Waals surface area contributed by atoms with Gasteiger partial charge in [0.1, 0.15) is 5.76 Å². The number of aromatic nitrogens is 1. The number of para-hydroxylation sites is 3. The molecule has 1 aliphatic carbocycles. The minimum Gasteiger partial charge on any atom is -0.440 e. The number of fused-ring (bicyclic) bond motifs is 7. The summed E-state index contributed by atoms with van der Waals surface area (Å²) in [7, 11) is 0. The number of rotatable bonds is 8. The van der Waals surface area contributed by atoms with Crippen molar-refractivity contribution in [3.8, 4) is 50.4 Å². The third-order valence-corrected chi connectivity index (χ3v) is 14.3. The normalized spacial score (nSPS) is 13.5. The van der Waals surface area contributed by atoms with E-state index in [-0.39, 0.29) is 5.41 Å². The molecular formula is C63H47N3O. The van der Waals surface area contributed by atoms with Crippen LogP contribution in [-0.4, -0.2) is 4.57 Å². The van der Waals surface area contributed by atoms with Gasteiger partial charge in [-0.25, -0.2) is 0 Å². The van der Waals surface area contributed by atoms with E-state index in [2.05, 4.69) is 253 Å². The molecule has 67 heavy (non-hydrogen) atoms. The van der Waals surface area contributed by atoms with Gasteiger partial charge in [-0.3, -0.25) is 4.90 Å². The number of hydrogen-bond donors (Lipinski definition) is 0. The highest BCUT2D eigenvalue weighted by atomic mass is 16.4. The van der Waals surface area contributed by atoms with E-state index in [9.17, 15) is 0 Å². The first kappa shape index (κ1) is 39.1. The molecule has 11 aromatic rings. The molecule has 0 amide bonds. The Morgan fingerprint density at radius 2 is 1.10 bits per heavy atom. The van der Waals surface area contributed by atoms with Crippen LogP contribution >= 0.6 is 0 Å². The van der Waals surface area contributed by atoms with Gasteiger partial charge >= 0.3 is 0 Å². The Balaban J connectivity index is 1.000. The molecule has 0 bridgehead atoms. The van der Waals surface area contributed by atoms with Crippen LogP contribution in [0.3, 0.4) is 0 Å². The van der Waals surface area contributed by atoms with Crippen molar-refractivity contribution in [2.75, 3.05) is 9.80 Å². The fraction of sp³-hybridized carbons (Fsp3) is 0.0794. The highest BCUT2D eigenvalue weighted by molar-refractivity contribution is 6.10. The second-order valence-corrected chi connectivity index (χ2v) is 18.5. The lowest BCUT2D eigenvalue weighted by Gasteiger charge is -2.28. The maximum atomic E-state index is 7.15. The molecule has 4 nitrogen and oxygen atoms in total. The van der Waals surface area contributed by atoms with Gasteiger partial charge in [-0.1, -0.05) is 166 Å². The van der Waals surface area contributed by atoms with Crippen LogP contribution < -0.4 is 9.80 Å². The molecule has 0 fully saturated rings. The molecule has 2 aromatic heterocycles. The SMILES string of the molecule is CC1(C)c2ccccc2-c2c(-c3cccc4c3CN(c3ccccc3)C4)cc(N(c3ccc(-c4ccccc4)cc3)c3ccc(-c4ccc5c6ccccc6n(-c6ccccc6)c5c4)o3)cc21. The molecule has 9 aromatic carbocycles. The number of anilines is 4. The first-order valence-corrected chi connectivity index (χ1v) is 23.3. The Kier molecular flexibility index (Phi) is 8.97. The van der Waals surface area contributed by atoms with Crippen molar-refractivity contribution in [1.82, 2.24) is 4.57 Å². The van der Waals surface area contributed by atoms with E-state index in [4.69, 9.17) is 4.42 Å². The summed E-state index contributed by atoms with van der Waals surface area (Å²) in [5.74, 6) is 1.56. The summed E-state index contributed by atoms with van der Waals surface area (Å²) in [4.78, 5) is 4.82. The van der Waals surface area contributed by atoms with Crippen LogP contribution in [0.25, 0.3) is 72.2 Å². The molecule has 3 heterocycles. The van der Waals surface area contributed by atoms with Crippen LogP contribution in [0.5, 0.6) is 0 Å². The van der Waals surface area contributed by atoms with E-state index >= 15 is 0 Å². The molecule has 0 radical (unpaired) electrons. The van der Waals surface area contributed by atoms with E-state index in [0.29, 0.717) is 0 Å². The maximum absolute atomic E-state index is 7.15. The van der Waals surface area contributed by atoms with Gasteiger partial charge in [-0.05, 0) is 122 Å². The van der Waals surface area contributed by atoms with Crippen LogP contribution in [-0.2, 0) is 18.5 Å². The van der Waals surface area contributed by atoms with Crippen molar-refractivity contribution in [2.24, 2.45) is 0 Å². The topological polar surface area (TPSA) is 24.6 Å². The lowest BCUT2D eigenvalue weighted by atomic mass is 9.81. The molecule has 0 saturated carbocycles. The summed E-state index contributed by atoms with van der Waals surface area (Å²) in [5.41, 5.74) is 20.5. The molecule has 0 atom stereocenters. The Labute approximate surface area is 391 Å². The first-order valence-electron chi connectivity index (χ1n) is 23.3. The second kappa shape index (κ2) is 15.4. The number of furan rings is 1. The largest absolute Gasteiger partial charge is 0.440 e. The van der Waals surface area contributed by atoms with Gasteiger partial charge in [0.15, 0.2) is 0 Å². The summed E-state index contributed by atoms with van der Waals surface area (Å²) >= 11 is 0. The van der Waals surface area contributed by atoms with Crippen LogP contribution in [0.2, 0.25) is 0 Å². The Bertz CT molecular complexity index is 3660. The van der Waals surface area contributed by atoms with Crippen molar-refractivity contribution in [2.45, 2.75) is 32.4 Å². The zero-order chi connectivity index (χ0) is 44.6. The molecular weight excluding hydrogens is 815 g/mol. The van der Waals surface area contributed by atoms with Crippen molar-refractivity contribution in [1.29, 1.82) is 0 Å². The predicted molar refractivity (Wildman–Crippen MR) is 278 cm³/mol. The number of nitrogens with zero attached hydrogens (tertiary/aromatic N) is 3. The van der Waals surface area contributed by atoms with Crippen molar-refractivity contribution in [3.63, 3.8) is 0 Å². The summed E-state index contributed by atoms with van der Waals surface area (Å²) in [6.07, 6.45) is 0. The molecule has 2 aliphatic rings. The van der Waals surface area contributed by atoms with E-state index < -0.39 is 0 Å². The second-order valence-electron chi connectivity index (χ2n) is 18.5. The Morgan fingerprint density at radius 3 is 1.91 bits per heavy atom. The van der Waals surface area contributed by atoms with Gasteiger partial charge in [0.2, 0.25) is 5.88 Å². The molecule has 13 rings (SSSR count). The first-order chi connectivity index (χ1) is 33.0. The molecule has 320 valence electrons. The molecule has 0 N–H and O–H groups in total. The average Bonchev–Trinajstić information content (AvgIpc) is 4.17. The quantitative estimate of drug-likeness (QED) is 0.152. The third-order valence-electron chi connectivity index (χ3n) is 14.3. The van der Waals surface area contributed by atoms with Crippen LogP contribution in [0.4, 0.5) is 22.9 Å². The van der Waals surface area contributed by atoms with E-state index in [1.54, 1.807) is 0 Å². The summed E-state index contributed by atoms with van der Waals surface area (Å²) < 4.78 is 9.51. The highest BCUT2D eigenvalue weighted by Gasteiger charge is 2.39. The van der Waals surface area contributed by atoms with Crippen LogP contribution in [0.1, 0.15) is 36.1 Å². The van der Waals surface area contributed by atoms with Gasteiger partial charge in [0.25, 0.3) is 0 Å². The van der Waals surface area contributed by atoms with Gasteiger partial charge in [0.05, 0.1) is 16.7 Å². The monoisotopic (exact) mass is 861 g/mol. The fourth-order valence-electron chi connectivity index (χ4n) is 11.1. The molecule has 4 heteroatoms. The van der Waals surface area contributed by atoms with Gasteiger partial charge in [-0.2, -0.15) is 0 Å². The number of hydrogen-bond acceptors (Lipinski definition) is 3. The van der Waals surface area contributed by atoms with Gasteiger partial charge in [0, 0.05) is 58.0 Å². The Hall–Kier alpha value is -8.34.